The summed E-state index contributed by atoms with van der Waals surface area (Å²) in [7, 11) is 0. The molecule has 2 amide bonds. The third-order valence-corrected chi connectivity index (χ3v) is 3.43. The maximum Gasteiger partial charge on any atom is 0.315 e. The largest absolute Gasteiger partial charge is 0.379 e. The molecule has 2 heterocycles. The first kappa shape index (κ1) is 15.8. The molecule has 0 radical (unpaired) electrons. The zero-order chi connectivity index (χ0) is 15.1. The van der Waals surface area contributed by atoms with E-state index >= 15 is 0 Å². The highest BCUT2D eigenvalue weighted by atomic mass is 16.5. The van der Waals surface area contributed by atoms with Crippen LogP contribution in [0.4, 0.5) is 4.79 Å². The van der Waals surface area contributed by atoms with Crippen LogP contribution < -0.4 is 10.6 Å². The molecular formula is C14H25N5O2. The first-order valence-electron chi connectivity index (χ1n) is 7.46. The maximum absolute atomic E-state index is 11.9. The molecule has 0 aromatic carbocycles. The van der Waals surface area contributed by atoms with E-state index in [9.17, 15) is 4.79 Å². The summed E-state index contributed by atoms with van der Waals surface area (Å²) in [6.07, 6.45) is 5.37. The molecule has 2 atom stereocenters. The van der Waals surface area contributed by atoms with E-state index in [1.807, 2.05) is 24.6 Å². The van der Waals surface area contributed by atoms with Crippen molar-refractivity contribution in [3.05, 3.63) is 18.7 Å². The molecule has 1 aromatic rings. The number of nitrogens with zero attached hydrogens (tertiary/aromatic N) is 3. The summed E-state index contributed by atoms with van der Waals surface area (Å²) in [6, 6.07) is 0.0432. The minimum atomic E-state index is -0.122. The van der Waals surface area contributed by atoms with E-state index in [1.54, 1.807) is 12.5 Å². The van der Waals surface area contributed by atoms with E-state index < -0.39 is 0 Å². The fraction of sp³-hybridized carbons (Fsp3) is 0.714. The van der Waals surface area contributed by atoms with E-state index in [0.29, 0.717) is 6.54 Å². The van der Waals surface area contributed by atoms with Gasteiger partial charge in [0.05, 0.1) is 19.5 Å². The number of urea groups is 1. The van der Waals surface area contributed by atoms with Crippen molar-refractivity contribution in [2.75, 3.05) is 32.8 Å². The smallest absolute Gasteiger partial charge is 0.315 e. The quantitative estimate of drug-likeness (QED) is 0.791. The van der Waals surface area contributed by atoms with Crippen LogP contribution in [0.15, 0.2) is 18.7 Å². The molecule has 21 heavy (non-hydrogen) atoms. The highest BCUT2D eigenvalue weighted by molar-refractivity contribution is 5.74. The molecule has 2 N–H and O–H groups in total. The van der Waals surface area contributed by atoms with Crippen LogP contribution in [0, 0.1) is 0 Å². The summed E-state index contributed by atoms with van der Waals surface area (Å²) in [5.74, 6) is 0. The van der Waals surface area contributed by atoms with Gasteiger partial charge in [-0.1, -0.05) is 0 Å². The fourth-order valence-electron chi connectivity index (χ4n) is 2.46. The van der Waals surface area contributed by atoms with Gasteiger partial charge in [-0.2, -0.15) is 0 Å². The van der Waals surface area contributed by atoms with Gasteiger partial charge in [-0.25, -0.2) is 9.78 Å². The Bertz CT molecular complexity index is 417. The highest BCUT2D eigenvalue weighted by Crippen LogP contribution is 1.98. The van der Waals surface area contributed by atoms with Gasteiger partial charge in [-0.05, 0) is 13.8 Å². The average molecular weight is 295 g/mol. The monoisotopic (exact) mass is 295 g/mol. The second-order valence-electron chi connectivity index (χ2n) is 5.59. The Hall–Kier alpha value is -1.60. The summed E-state index contributed by atoms with van der Waals surface area (Å²) in [5, 5.41) is 5.92. The molecule has 7 heteroatoms. The number of carbonyl (C=O) groups is 1. The van der Waals surface area contributed by atoms with Crippen molar-refractivity contribution in [1.82, 2.24) is 25.1 Å². The Morgan fingerprint density at radius 1 is 1.24 bits per heavy atom. The fourth-order valence-corrected chi connectivity index (χ4v) is 2.46. The SMILES string of the molecule is CC(CN1CCOCC1)NC(=O)NC(C)Cn1ccnc1. The maximum atomic E-state index is 11.9. The first-order chi connectivity index (χ1) is 10.1. The molecule has 1 aliphatic heterocycles. The molecular weight excluding hydrogens is 270 g/mol. The number of carbonyl (C=O) groups excluding carboxylic acids is 1. The number of hydrogen-bond donors (Lipinski definition) is 2. The molecule has 0 saturated carbocycles. The normalized spacial score (nSPS) is 19.0. The van der Waals surface area contributed by atoms with Crippen molar-refractivity contribution in [1.29, 1.82) is 0 Å². The van der Waals surface area contributed by atoms with Gasteiger partial charge in [-0.3, -0.25) is 4.90 Å². The molecule has 0 spiro atoms. The number of rotatable bonds is 6. The molecule has 1 fully saturated rings. The van der Waals surface area contributed by atoms with Gasteiger partial charge in [0.15, 0.2) is 0 Å². The van der Waals surface area contributed by atoms with Crippen LogP contribution in [0.5, 0.6) is 0 Å². The lowest BCUT2D eigenvalue weighted by Crippen LogP contribution is -2.50. The number of nitrogens with one attached hydrogen (secondary N) is 2. The molecule has 1 aliphatic rings. The van der Waals surface area contributed by atoms with Crippen molar-refractivity contribution in [2.24, 2.45) is 0 Å². The third kappa shape index (κ3) is 5.73. The summed E-state index contributed by atoms with van der Waals surface area (Å²) in [5.41, 5.74) is 0. The van der Waals surface area contributed by atoms with Gasteiger partial charge in [0, 0.05) is 50.7 Å². The van der Waals surface area contributed by atoms with E-state index in [1.165, 1.54) is 0 Å². The standard InChI is InChI=1S/C14H25N5O2/c1-12(9-18-5-7-21-8-6-18)16-14(20)17-13(2)10-19-4-3-15-11-19/h3-4,11-13H,5-10H2,1-2H3,(H2,16,17,20). The van der Waals surface area contributed by atoms with Gasteiger partial charge in [0.25, 0.3) is 0 Å². The minimum Gasteiger partial charge on any atom is -0.379 e. The Morgan fingerprint density at radius 2 is 1.90 bits per heavy atom. The Labute approximate surface area is 125 Å². The molecule has 118 valence electrons. The van der Waals surface area contributed by atoms with Crippen LogP contribution in [0.25, 0.3) is 0 Å². The molecule has 1 saturated heterocycles. The zero-order valence-corrected chi connectivity index (χ0v) is 12.8. The average Bonchev–Trinajstić information content (AvgIpc) is 2.91. The van der Waals surface area contributed by atoms with Crippen LogP contribution in [-0.4, -0.2) is 65.4 Å². The number of amides is 2. The van der Waals surface area contributed by atoms with Crippen molar-refractivity contribution in [3.8, 4) is 0 Å². The van der Waals surface area contributed by atoms with Crippen LogP contribution in [0.1, 0.15) is 13.8 Å². The minimum absolute atomic E-state index is 0.0507. The molecule has 0 aliphatic carbocycles. The Kier molecular flexibility index (Phi) is 6.01. The van der Waals surface area contributed by atoms with Gasteiger partial charge in [-0.15, -0.1) is 0 Å². The molecule has 2 unspecified atom stereocenters. The van der Waals surface area contributed by atoms with Crippen molar-refractivity contribution in [3.63, 3.8) is 0 Å². The summed E-state index contributed by atoms with van der Waals surface area (Å²) in [4.78, 5) is 18.2. The second-order valence-corrected chi connectivity index (χ2v) is 5.59. The number of aromatic nitrogens is 2. The predicted octanol–water partition coefficient (Wildman–Crippen LogP) is 0.292. The number of hydrogen-bond acceptors (Lipinski definition) is 4. The van der Waals surface area contributed by atoms with Gasteiger partial charge in [0.2, 0.25) is 0 Å². The predicted molar refractivity (Wildman–Crippen MR) is 80.1 cm³/mol. The van der Waals surface area contributed by atoms with Crippen LogP contribution in [-0.2, 0) is 11.3 Å². The molecule has 7 nitrogen and oxygen atoms in total. The van der Waals surface area contributed by atoms with Crippen LogP contribution in [0.3, 0.4) is 0 Å². The Balaban J connectivity index is 1.65. The molecule has 2 rings (SSSR count). The highest BCUT2D eigenvalue weighted by Gasteiger charge is 2.16. The molecule has 0 bridgehead atoms. The number of ether oxygens (including phenoxy) is 1. The number of morpholine rings is 1. The lowest BCUT2D eigenvalue weighted by molar-refractivity contribution is 0.0349. The molecule has 1 aromatic heterocycles. The van der Waals surface area contributed by atoms with E-state index in [2.05, 4.69) is 20.5 Å². The van der Waals surface area contributed by atoms with Crippen LogP contribution in [0.2, 0.25) is 0 Å². The van der Waals surface area contributed by atoms with Gasteiger partial charge in [0.1, 0.15) is 0 Å². The lowest BCUT2D eigenvalue weighted by Gasteiger charge is -2.29. The van der Waals surface area contributed by atoms with Crippen molar-refractivity contribution in [2.45, 2.75) is 32.5 Å². The van der Waals surface area contributed by atoms with Gasteiger partial charge >= 0.3 is 6.03 Å². The van der Waals surface area contributed by atoms with E-state index in [0.717, 1.165) is 32.8 Å². The van der Waals surface area contributed by atoms with Crippen LogP contribution >= 0.6 is 0 Å². The second kappa shape index (κ2) is 7.99. The zero-order valence-electron chi connectivity index (χ0n) is 12.8. The van der Waals surface area contributed by atoms with Crippen molar-refractivity contribution < 1.29 is 9.53 Å². The summed E-state index contributed by atoms with van der Waals surface area (Å²) >= 11 is 0. The lowest BCUT2D eigenvalue weighted by atomic mass is 10.3. The topological polar surface area (TPSA) is 71.4 Å². The first-order valence-corrected chi connectivity index (χ1v) is 7.46. The Morgan fingerprint density at radius 3 is 2.52 bits per heavy atom. The van der Waals surface area contributed by atoms with E-state index in [4.69, 9.17) is 4.74 Å². The summed E-state index contributed by atoms with van der Waals surface area (Å²) in [6.45, 7) is 9.00. The number of imidazole rings is 1. The van der Waals surface area contributed by atoms with Crippen molar-refractivity contribution >= 4 is 6.03 Å². The van der Waals surface area contributed by atoms with E-state index in [-0.39, 0.29) is 18.1 Å². The van der Waals surface area contributed by atoms with Gasteiger partial charge < -0.3 is 19.9 Å². The third-order valence-electron chi connectivity index (χ3n) is 3.43. The summed E-state index contributed by atoms with van der Waals surface area (Å²) < 4.78 is 7.26.